The Morgan fingerprint density at radius 1 is 1.33 bits per heavy atom. The molecule has 0 fully saturated rings. The Hall–Kier alpha value is -2.40. The van der Waals surface area contributed by atoms with Crippen molar-refractivity contribution in [1.82, 2.24) is 10.3 Å². The molecule has 3 rings (SSSR count). The van der Waals surface area contributed by atoms with Crippen LogP contribution in [-0.4, -0.2) is 16.9 Å². The largest absolute Gasteiger partial charge is 0.366 e. The van der Waals surface area contributed by atoms with Crippen molar-refractivity contribution in [3.63, 3.8) is 0 Å². The van der Waals surface area contributed by atoms with Gasteiger partial charge in [0.25, 0.3) is 0 Å². The van der Waals surface area contributed by atoms with Crippen LogP contribution in [0.2, 0.25) is 0 Å². The number of carbonyl (C=O) groups excluding carboxylic acids is 1. The van der Waals surface area contributed by atoms with Gasteiger partial charge in [-0.2, -0.15) is 0 Å². The molecule has 1 aromatic heterocycles. The van der Waals surface area contributed by atoms with Gasteiger partial charge in [-0.05, 0) is 50.8 Å². The minimum atomic E-state index is -0.531. The molecule has 5 heteroatoms. The molecule has 2 aromatic rings. The van der Waals surface area contributed by atoms with Crippen LogP contribution >= 0.6 is 0 Å². The van der Waals surface area contributed by atoms with Gasteiger partial charge < -0.3 is 16.0 Å². The molecule has 0 bridgehead atoms. The molecular formula is C19H23N3O2. The van der Waals surface area contributed by atoms with Crippen molar-refractivity contribution in [1.29, 1.82) is 0 Å². The van der Waals surface area contributed by atoms with Gasteiger partial charge in [0.2, 0.25) is 5.91 Å². The first kappa shape index (κ1) is 16.5. The van der Waals surface area contributed by atoms with Gasteiger partial charge >= 0.3 is 0 Å². The fraction of sp³-hybridized carbons (Fsp3) is 0.368. The summed E-state index contributed by atoms with van der Waals surface area (Å²) in [6, 6.07) is 6.80. The number of nitrogens with one attached hydrogen (secondary N) is 2. The lowest BCUT2D eigenvalue weighted by molar-refractivity contribution is 0.100. The Kier molecular flexibility index (Phi) is 4.81. The summed E-state index contributed by atoms with van der Waals surface area (Å²) in [7, 11) is 0. The number of amides is 1. The highest BCUT2D eigenvalue weighted by molar-refractivity contribution is 5.96. The van der Waals surface area contributed by atoms with Gasteiger partial charge in [0, 0.05) is 40.8 Å². The van der Waals surface area contributed by atoms with E-state index in [1.807, 2.05) is 0 Å². The number of nitrogens with two attached hydrogens (primary N) is 1. The van der Waals surface area contributed by atoms with Crippen LogP contribution in [0.25, 0.3) is 10.9 Å². The zero-order chi connectivity index (χ0) is 17.1. The number of carbonyl (C=O) groups is 1. The highest BCUT2D eigenvalue weighted by Crippen LogP contribution is 2.20. The second-order valence-electron chi connectivity index (χ2n) is 6.41. The third-order valence-corrected chi connectivity index (χ3v) is 4.65. The van der Waals surface area contributed by atoms with Crippen LogP contribution in [0.4, 0.5) is 0 Å². The average molecular weight is 325 g/mol. The SMILES string of the molecule is C[C@@H](NCc1cc(=O)c2cc(C(N)=O)ccc2[nH]1)C1=CCCCC1. The normalized spacial score (nSPS) is 16.0. The van der Waals surface area contributed by atoms with E-state index in [0.717, 1.165) is 18.5 Å². The predicted molar refractivity (Wildman–Crippen MR) is 95.9 cm³/mol. The molecule has 1 amide bonds. The number of pyridine rings is 1. The van der Waals surface area contributed by atoms with Crippen molar-refractivity contribution >= 4 is 16.8 Å². The summed E-state index contributed by atoms with van der Waals surface area (Å²) in [6.07, 6.45) is 7.18. The lowest BCUT2D eigenvalue weighted by atomic mass is 9.95. The van der Waals surface area contributed by atoms with Crippen molar-refractivity contribution < 1.29 is 4.79 Å². The molecule has 0 aliphatic heterocycles. The van der Waals surface area contributed by atoms with Crippen molar-refractivity contribution in [3.05, 3.63) is 57.4 Å². The molecule has 126 valence electrons. The van der Waals surface area contributed by atoms with Gasteiger partial charge in [0.15, 0.2) is 5.43 Å². The predicted octanol–water partition coefficient (Wildman–Crippen LogP) is 2.61. The smallest absolute Gasteiger partial charge is 0.248 e. The molecule has 24 heavy (non-hydrogen) atoms. The molecule has 0 radical (unpaired) electrons. The fourth-order valence-corrected chi connectivity index (χ4v) is 3.20. The number of aromatic amines is 1. The molecule has 0 saturated heterocycles. The lowest BCUT2D eigenvalue weighted by Crippen LogP contribution is -2.29. The van der Waals surface area contributed by atoms with Gasteiger partial charge in [-0.3, -0.25) is 9.59 Å². The van der Waals surface area contributed by atoms with E-state index in [4.69, 9.17) is 5.73 Å². The van der Waals surface area contributed by atoms with E-state index in [-0.39, 0.29) is 5.43 Å². The van der Waals surface area contributed by atoms with Crippen molar-refractivity contribution in [3.8, 4) is 0 Å². The first-order valence-corrected chi connectivity index (χ1v) is 8.42. The van der Waals surface area contributed by atoms with E-state index < -0.39 is 5.91 Å². The first-order chi connectivity index (χ1) is 11.5. The molecule has 5 nitrogen and oxygen atoms in total. The third-order valence-electron chi connectivity index (χ3n) is 4.65. The first-order valence-electron chi connectivity index (χ1n) is 8.42. The number of primary amides is 1. The second-order valence-corrected chi connectivity index (χ2v) is 6.41. The number of hydrogen-bond acceptors (Lipinski definition) is 3. The number of rotatable bonds is 5. The van der Waals surface area contributed by atoms with Gasteiger partial charge in [0.1, 0.15) is 0 Å². The second kappa shape index (κ2) is 7.01. The van der Waals surface area contributed by atoms with Crippen molar-refractivity contribution in [2.24, 2.45) is 5.73 Å². The van der Waals surface area contributed by atoms with Crippen LogP contribution in [0.3, 0.4) is 0 Å². The van der Waals surface area contributed by atoms with Crippen LogP contribution in [0.15, 0.2) is 40.7 Å². The Morgan fingerprint density at radius 2 is 2.17 bits per heavy atom. The molecule has 0 saturated carbocycles. The van der Waals surface area contributed by atoms with Crippen molar-refractivity contribution in [2.45, 2.75) is 45.2 Å². The molecule has 1 aromatic carbocycles. The summed E-state index contributed by atoms with van der Waals surface area (Å²) in [5.74, 6) is -0.531. The number of H-pyrrole nitrogens is 1. The van der Waals surface area contributed by atoms with Gasteiger partial charge in [-0.15, -0.1) is 0 Å². The molecule has 0 spiro atoms. The third kappa shape index (κ3) is 3.57. The number of benzene rings is 1. The van der Waals surface area contributed by atoms with Crippen LogP contribution in [0, 0.1) is 0 Å². The van der Waals surface area contributed by atoms with Gasteiger partial charge in [0.05, 0.1) is 0 Å². The minimum Gasteiger partial charge on any atom is -0.366 e. The molecule has 1 aliphatic carbocycles. The van der Waals surface area contributed by atoms with Crippen LogP contribution in [0.1, 0.15) is 48.7 Å². The van der Waals surface area contributed by atoms with Gasteiger partial charge in [-0.25, -0.2) is 0 Å². The van der Waals surface area contributed by atoms with Crippen LogP contribution in [-0.2, 0) is 6.54 Å². The summed E-state index contributed by atoms with van der Waals surface area (Å²) >= 11 is 0. The molecule has 1 heterocycles. The topological polar surface area (TPSA) is 88.0 Å². The molecule has 1 aliphatic rings. The van der Waals surface area contributed by atoms with Crippen LogP contribution < -0.4 is 16.5 Å². The molecule has 0 unspecified atom stereocenters. The zero-order valence-electron chi connectivity index (χ0n) is 13.9. The van der Waals surface area contributed by atoms with Crippen LogP contribution in [0.5, 0.6) is 0 Å². The van der Waals surface area contributed by atoms with E-state index in [0.29, 0.717) is 29.1 Å². The summed E-state index contributed by atoms with van der Waals surface area (Å²) in [6.45, 7) is 2.76. The maximum absolute atomic E-state index is 12.3. The van der Waals surface area contributed by atoms with E-state index in [1.54, 1.807) is 24.3 Å². The Labute approximate surface area is 140 Å². The maximum atomic E-state index is 12.3. The minimum absolute atomic E-state index is 0.104. The summed E-state index contributed by atoms with van der Waals surface area (Å²) in [5.41, 5.74) is 8.52. The standard InChI is InChI=1S/C19H23N3O2/c1-12(13-5-3-2-4-6-13)21-11-15-10-18(23)16-9-14(19(20)24)7-8-17(16)22-15/h5,7-10,12,21H,2-4,6,11H2,1H3,(H2,20,24)(H,22,23)/t12-/m1/s1. The fourth-order valence-electron chi connectivity index (χ4n) is 3.20. The maximum Gasteiger partial charge on any atom is 0.248 e. The summed E-state index contributed by atoms with van der Waals surface area (Å²) in [4.78, 5) is 26.8. The van der Waals surface area contributed by atoms with E-state index in [1.165, 1.54) is 18.4 Å². The highest BCUT2D eigenvalue weighted by Gasteiger charge is 2.12. The number of allylic oxidation sites excluding steroid dienone is 1. The monoisotopic (exact) mass is 325 g/mol. The molecular weight excluding hydrogens is 302 g/mol. The number of hydrogen-bond donors (Lipinski definition) is 3. The number of fused-ring (bicyclic) bond motifs is 1. The Morgan fingerprint density at radius 3 is 2.88 bits per heavy atom. The molecule has 1 atom stereocenters. The molecule has 4 N–H and O–H groups in total. The number of aromatic nitrogens is 1. The van der Waals surface area contributed by atoms with Crippen molar-refractivity contribution in [2.75, 3.05) is 0 Å². The quantitative estimate of drug-likeness (QED) is 0.738. The van der Waals surface area contributed by atoms with E-state index in [9.17, 15) is 9.59 Å². The van der Waals surface area contributed by atoms with E-state index in [2.05, 4.69) is 23.3 Å². The summed E-state index contributed by atoms with van der Waals surface area (Å²) < 4.78 is 0. The Bertz CT molecular complexity index is 851. The lowest BCUT2D eigenvalue weighted by Gasteiger charge is -2.21. The van der Waals surface area contributed by atoms with E-state index >= 15 is 0 Å². The zero-order valence-corrected chi connectivity index (χ0v) is 13.9. The Balaban J connectivity index is 1.78. The average Bonchev–Trinajstić information content (AvgIpc) is 2.60. The highest BCUT2D eigenvalue weighted by atomic mass is 16.1. The van der Waals surface area contributed by atoms with Gasteiger partial charge in [-0.1, -0.05) is 11.6 Å². The summed E-state index contributed by atoms with van der Waals surface area (Å²) in [5, 5.41) is 3.96.